The molecule has 5 nitrogen and oxygen atoms in total. The van der Waals surface area contributed by atoms with Gasteiger partial charge < -0.3 is 16.2 Å². The molecule has 0 spiro atoms. The van der Waals surface area contributed by atoms with Gasteiger partial charge in [0.2, 0.25) is 5.91 Å². The fraction of sp³-hybridized carbons (Fsp3) is 0.846. The van der Waals surface area contributed by atoms with E-state index in [-0.39, 0.29) is 18.4 Å². The van der Waals surface area contributed by atoms with Crippen molar-refractivity contribution >= 4 is 11.9 Å². The molecule has 0 aromatic heterocycles. The van der Waals surface area contributed by atoms with Crippen LogP contribution in [0.4, 0.5) is 0 Å². The maximum absolute atomic E-state index is 11.5. The number of carboxylic acids is 1. The summed E-state index contributed by atoms with van der Waals surface area (Å²) in [5, 5.41) is 11.3. The van der Waals surface area contributed by atoms with Gasteiger partial charge in [-0.05, 0) is 18.8 Å². The smallest absolute Gasteiger partial charge is 0.303 e. The number of carbonyl (C=O) groups excluding carboxylic acids is 1. The SMILES string of the molecule is CC(C)C(N)CC(=O)NCCCCCCC(=O)O. The van der Waals surface area contributed by atoms with Gasteiger partial charge in [0.15, 0.2) is 0 Å². The highest BCUT2D eigenvalue weighted by Crippen LogP contribution is 2.04. The number of hydrogen-bond acceptors (Lipinski definition) is 3. The van der Waals surface area contributed by atoms with Crippen molar-refractivity contribution in [2.75, 3.05) is 6.54 Å². The average Bonchev–Trinajstić information content (AvgIpc) is 2.27. The maximum Gasteiger partial charge on any atom is 0.303 e. The number of nitrogens with two attached hydrogens (primary N) is 1. The number of carboxylic acid groups (broad SMARTS) is 1. The van der Waals surface area contributed by atoms with Crippen molar-refractivity contribution in [1.29, 1.82) is 0 Å². The van der Waals surface area contributed by atoms with Crippen LogP contribution < -0.4 is 11.1 Å². The summed E-state index contributed by atoms with van der Waals surface area (Å²) in [6.07, 6.45) is 4.05. The molecule has 0 heterocycles. The summed E-state index contributed by atoms with van der Waals surface area (Å²) >= 11 is 0. The van der Waals surface area contributed by atoms with Crippen LogP contribution in [0.15, 0.2) is 0 Å². The minimum Gasteiger partial charge on any atom is -0.481 e. The summed E-state index contributed by atoms with van der Waals surface area (Å²) in [5.41, 5.74) is 5.80. The number of aliphatic carboxylic acids is 1. The molecule has 1 amide bonds. The van der Waals surface area contributed by atoms with Crippen LogP contribution >= 0.6 is 0 Å². The van der Waals surface area contributed by atoms with Gasteiger partial charge >= 0.3 is 5.97 Å². The second-order valence-electron chi connectivity index (χ2n) is 5.02. The number of unbranched alkanes of at least 4 members (excludes halogenated alkanes) is 3. The van der Waals surface area contributed by atoms with E-state index < -0.39 is 5.97 Å². The Morgan fingerprint density at radius 2 is 1.78 bits per heavy atom. The molecular weight excluding hydrogens is 232 g/mol. The van der Waals surface area contributed by atoms with E-state index in [9.17, 15) is 9.59 Å². The highest BCUT2D eigenvalue weighted by atomic mass is 16.4. The molecule has 0 aliphatic rings. The second kappa shape index (κ2) is 9.88. The number of rotatable bonds is 10. The van der Waals surface area contributed by atoms with Gasteiger partial charge in [-0.2, -0.15) is 0 Å². The summed E-state index contributed by atoms with van der Waals surface area (Å²) < 4.78 is 0. The lowest BCUT2D eigenvalue weighted by Gasteiger charge is -2.14. The van der Waals surface area contributed by atoms with E-state index in [4.69, 9.17) is 10.8 Å². The van der Waals surface area contributed by atoms with E-state index >= 15 is 0 Å². The van der Waals surface area contributed by atoms with E-state index in [1.807, 2.05) is 13.8 Å². The molecule has 4 N–H and O–H groups in total. The average molecular weight is 258 g/mol. The highest BCUT2D eigenvalue weighted by Gasteiger charge is 2.12. The summed E-state index contributed by atoms with van der Waals surface area (Å²) in [7, 11) is 0. The van der Waals surface area contributed by atoms with Crippen LogP contribution in [0.2, 0.25) is 0 Å². The molecule has 0 saturated carbocycles. The Kier molecular flexibility index (Phi) is 9.28. The first kappa shape index (κ1) is 16.9. The van der Waals surface area contributed by atoms with Crippen LogP contribution in [0.5, 0.6) is 0 Å². The predicted octanol–water partition coefficient (Wildman–Crippen LogP) is 1.51. The monoisotopic (exact) mass is 258 g/mol. The van der Waals surface area contributed by atoms with Gasteiger partial charge in [-0.1, -0.05) is 26.7 Å². The molecule has 0 aromatic carbocycles. The summed E-state index contributed by atoms with van der Waals surface area (Å²) in [5.74, 6) is -0.431. The van der Waals surface area contributed by atoms with Gasteiger partial charge in [0.05, 0.1) is 0 Å². The number of hydrogen-bond donors (Lipinski definition) is 3. The van der Waals surface area contributed by atoms with Gasteiger partial charge in [-0.15, -0.1) is 0 Å². The molecular formula is C13H26N2O3. The fourth-order valence-corrected chi connectivity index (χ4v) is 1.50. The van der Waals surface area contributed by atoms with Gasteiger partial charge in [-0.3, -0.25) is 9.59 Å². The van der Waals surface area contributed by atoms with Crippen molar-refractivity contribution < 1.29 is 14.7 Å². The quantitative estimate of drug-likeness (QED) is 0.518. The lowest BCUT2D eigenvalue weighted by Crippen LogP contribution is -2.35. The zero-order chi connectivity index (χ0) is 14.0. The van der Waals surface area contributed by atoms with E-state index in [1.165, 1.54) is 0 Å². The molecule has 0 saturated heterocycles. The first-order valence-electron chi connectivity index (χ1n) is 6.67. The van der Waals surface area contributed by atoms with Crippen LogP contribution in [0.1, 0.15) is 52.4 Å². The molecule has 106 valence electrons. The molecule has 18 heavy (non-hydrogen) atoms. The summed E-state index contributed by atoms with van der Waals surface area (Å²) in [4.78, 5) is 21.7. The molecule has 0 radical (unpaired) electrons. The predicted molar refractivity (Wildman–Crippen MR) is 71.2 cm³/mol. The summed E-state index contributed by atoms with van der Waals surface area (Å²) in [6, 6.07) is -0.0828. The van der Waals surface area contributed by atoms with Gasteiger partial charge in [-0.25, -0.2) is 0 Å². The van der Waals surface area contributed by atoms with Crippen molar-refractivity contribution in [1.82, 2.24) is 5.32 Å². The summed E-state index contributed by atoms with van der Waals surface area (Å²) in [6.45, 7) is 4.65. The minimum atomic E-state index is -0.744. The third-order valence-electron chi connectivity index (χ3n) is 2.92. The number of nitrogens with one attached hydrogen (secondary N) is 1. The molecule has 0 fully saturated rings. The lowest BCUT2D eigenvalue weighted by molar-refractivity contribution is -0.137. The van der Waals surface area contributed by atoms with E-state index in [2.05, 4.69) is 5.32 Å². The Morgan fingerprint density at radius 1 is 1.17 bits per heavy atom. The Balaban J connectivity index is 3.38. The van der Waals surface area contributed by atoms with E-state index in [0.717, 1.165) is 19.3 Å². The molecule has 0 bridgehead atoms. The molecule has 0 aliphatic carbocycles. The fourth-order valence-electron chi connectivity index (χ4n) is 1.50. The van der Waals surface area contributed by atoms with Crippen molar-refractivity contribution in [3.05, 3.63) is 0 Å². The molecule has 0 rings (SSSR count). The van der Waals surface area contributed by atoms with Crippen molar-refractivity contribution in [2.24, 2.45) is 11.7 Å². The maximum atomic E-state index is 11.5. The second-order valence-corrected chi connectivity index (χ2v) is 5.02. The van der Waals surface area contributed by atoms with Crippen LogP contribution in [-0.2, 0) is 9.59 Å². The van der Waals surface area contributed by atoms with Gasteiger partial charge in [0.25, 0.3) is 0 Å². The van der Waals surface area contributed by atoms with Crippen LogP contribution in [0.25, 0.3) is 0 Å². The first-order valence-corrected chi connectivity index (χ1v) is 6.67. The number of carbonyl (C=O) groups is 2. The van der Waals surface area contributed by atoms with Crippen LogP contribution in [-0.4, -0.2) is 29.6 Å². The van der Waals surface area contributed by atoms with Crippen LogP contribution in [0, 0.1) is 5.92 Å². The van der Waals surface area contributed by atoms with E-state index in [0.29, 0.717) is 25.3 Å². The Hall–Kier alpha value is -1.10. The van der Waals surface area contributed by atoms with Gasteiger partial charge in [0.1, 0.15) is 0 Å². The first-order chi connectivity index (χ1) is 8.43. The zero-order valence-electron chi connectivity index (χ0n) is 11.4. The third-order valence-corrected chi connectivity index (χ3v) is 2.92. The standard InChI is InChI=1S/C13H26N2O3/c1-10(2)11(14)9-12(16)15-8-6-4-3-5-7-13(17)18/h10-11H,3-9,14H2,1-2H3,(H,15,16)(H,17,18). The topological polar surface area (TPSA) is 92.4 Å². The Labute approximate surface area is 109 Å². The molecule has 0 aromatic rings. The highest BCUT2D eigenvalue weighted by molar-refractivity contribution is 5.76. The van der Waals surface area contributed by atoms with Crippen molar-refractivity contribution in [2.45, 2.75) is 58.4 Å². The Bertz CT molecular complexity index is 255. The molecule has 1 atom stereocenters. The zero-order valence-corrected chi connectivity index (χ0v) is 11.4. The molecule has 1 unspecified atom stereocenters. The normalized spacial score (nSPS) is 12.4. The largest absolute Gasteiger partial charge is 0.481 e. The third kappa shape index (κ3) is 10.1. The van der Waals surface area contributed by atoms with Crippen LogP contribution in [0.3, 0.4) is 0 Å². The molecule has 0 aliphatic heterocycles. The Morgan fingerprint density at radius 3 is 2.33 bits per heavy atom. The minimum absolute atomic E-state index is 0.00161. The van der Waals surface area contributed by atoms with Crippen molar-refractivity contribution in [3.8, 4) is 0 Å². The van der Waals surface area contributed by atoms with E-state index in [1.54, 1.807) is 0 Å². The van der Waals surface area contributed by atoms with Crippen molar-refractivity contribution in [3.63, 3.8) is 0 Å². The van der Waals surface area contributed by atoms with Gasteiger partial charge in [0, 0.05) is 25.4 Å². The number of amides is 1. The lowest BCUT2D eigenvalue weighted by atomic mass is 10.0. The molecule has 5 heteroatoms.